The van der Waals surface area contributed by atoms with Crippen LogP contribution in [0.15, 0.2) is 29.2 Å². The molecule has 0 spiro atoms. The van der Waals surface area contributed by atoms with Crippen LogP contribution in [0, 0.1) is 10.8 Å². The van der Waals surface area contributed by atoms with E-state index in [2.05, 4.69) is 52.9 Å². The molecule has 0 fully saturated rings. The lowest BCUT2D eigenvalue weighted by molar-refractivity contribution is 0.0933. The standard InChI is InChI=1S/C24H41NOS2/c1-7-9-10-11-14-17-24(5,6)19-27-28-21-16-13-12-15-20(21)22(26)25-18-23(3,4)8-2/h12-13,15-16H,7-11,14,17-19H2,1-6H3,(H,25,26). The number of carbonyl (C=O) groups excluding carboxylic acids is 1. The van der Waals surface area contributed by atoms with Crippen LogP contribution in [0.4, 0.5) is 0 Å². The molecule has 0 bridgehead atoms. The lowest BCUT2D eigenvalue weighted by atomic mass is 9.89. The second-order valence-corrected chi connectivity index (χ2v) is 11.7. The minimum absolute atomic E-state index is 0.0420. The van der Waals surface area contributed by atoms with Crippen LogP contribution in [-0.2, 0) is 0 Å². The summed E-state index contributed by atoms with van der Waals surface area (Å²) in [5.41, 5.74) is 1.27. The third kappa shape index (κ3) is 10.2. The van der Waals surface area contributed by atoms with Crippen LogP contribution in [0.5, 0.6) is 0 Å². The molecule has 0 radical (unpaired) electrons. The zero-order valence-electron chi connectivity index (χ0n) is 18.9. The average molecular weight is 424 g/mol. The fourth-order valence-corrected chi connectivity index (χ4v) is 5.78. The van der Waals surface area contributed by atoms with E-state index in [1.807, 2.05) is 29.0 Å². The largest absolute Gasteiger partial charge is 0.351 e. The smallest absolute Gasteiger partial charge is 0.252 e. The molecule has 0 heterocycles. The Morgan fingerprint density at radius 1 is 0.964 bits per heavy atom. The maximum Gasteiger partial charge on any atom is 0.252 e. The topological polar surface area (TPSA) is 29.1 Å². The van der Waals surface area contributed by atoms with E-state index in [4.69, 9.17) is 0 Å². The van der Waals surface area contributed by atoms with Crippen molar-refractivity contribution < 1.29 is 4.79 Å². The molecule has 28 heavy (non-hydrogen) atoms. The third-order valence-electron chi connectivity index (χ3n) is 5.37. The molecule has 1 aromatic carbocycles. The number of unbranched alkanes of at least 4 members (excludes halogenated alkanes) is 4. The lowest BCUT2D eigenvalue weighted by Crippen LogP contribution is -2.33. The van der Waals surface area contributed by atoms with Gasteiger partial charge in [0.2, 0.25) is 0 Å². The quantitative estimate of drug-likeness (QED) is 0.243. The normalized spacial score (nSPS) is 12.2. The summed E-state index contributed by atoms with van der Waals surface area (Å²) in [4.78, 5) is 13.7. The number of amides is 1. The first-order valence-electron chi connectivity index (χ1n) is 10.9. The molecule has 0 saturated heterocycles. The van der Waals surface area contributed by atoms with Crippen molar-refractivity contribution in [3.05, 3.63) is 29.8 Å². The van der Waals surface area contributed by atoms with E-state index in [0.29, 0.717) is 12.0 Å². The zero-order chi connectivity index (χ0) is 21.0. The minimum atomic E-state index is 0.0420. The highest BCUT2D eigenvalue weighted by atomic mass is 33.1. The molecule has 160 valence electrons. The van der Waals surface area contributed by atoms with Crippen molar-refractivity contribution in [1.29, 1.82) is 0 Å². The van der Waals surface area contributed by atoms with E-state index in [1.54, 1.807) is 10.8 Å². The Balaban J connectivity index is 2.51. The van der Waals surface area contributed by atoms with Crippen LogP contribution in [0.25, 0.3) is 0 Å². The average Bonchev–Trinajstić information content (AvgIpc) is 2.66. The molecule has 1 N–H and O–H groups in total. The van der Waals surface area contributed by atoms with Gasteiger partial charge < -0.3 is 5.32 Å². The molecular weight excluding hydrogens is 382 g/mol. The molecule has 0 aliphatic heterocycles. The van der Waals surface area contributed by atoms with Crippen molar-refractivity contribution >= 4 is 27.5 Å². The van der Waals surface area contributed by atoms with Gasteiger partial charge in [0, 0.05) is 17.2 Å². The molecule has 0 saturated carbocycles. The summed E-state index contributed by atoms with van der Waals surface area (Å²) in [6.07, 6.45) is 9.03. The van der Waals surface area contributed by atoms with Crippen molar-refractivity contribution in [3.63, 3.8) is 0 Å². The van der Waals surface area contributed by atoms with Gasteiger partial charge in [0.25, 0.3) is 5.91 Å². The predicted molar refractivity (Wildman–Crippen MR) is 128 cm³/mol. The number of benzene rings is 1. The summed E-state index contributed by atoms with van der Waals surface area (Å²) in [7, 11) is 3.62. The SMILES string of the molecule is CCCCCCCC(C)(C)CSSc1ccccc1C(=O)NCC(C)(C)CC. The van der Waals surface area contributed by atoms with E-state index < -0.39 is 0 Å². The molecule has 0 aliphatic carbocycles. The van der Waals surface area contributed by atoms with Crippen LogP contribution >= 0.6 is 21.6 Å². The second-order valence-electron chi connectivity index (χ2n) is 9.37. The van der Waals surface area contributed by atoms with Gasteiger partial charge in [0.05, 0.1) is 5.56 Å². The highest BCUT2D eigenvalue weighted by Crippen LogP contribution is 2.39. The summed E-state index contributed by atoms with van der Waals surface area (Å²) in [5.74, 6) is 1.14. The summed E-state index contributed by atoms with van der Waals surface area (Å²) in [5, 5.41) is 3.12. The first-order valence-corrected chi connectivity index (χ1v) is 13.2. The van der Waals surface area contributed by atoms with Gasteiger partial charge in [-0.05, 0) is 35.8 Å². The van der Waals surface area contributed by atoms with E-state index in [-0.39, 0.29) is 11.3 Å². The highest BCUT2D eigenvalue weighted by molar-refractivity contribution is 8.76. The van der Waals surface area contributed by atoms with E-state index >= 15 is 0 Å². The van der Waals surface area contributed by atoms with Crippen molar-refractivity contribution in [2.75, 3.05) is 12.3 Å². The number of hydrogen-bond donors (Lipinski definition) is 1. The van der Waals surface area contributed by atoms with Gasteiger partial charge in [-0.15, -0.1) is 0 Å². The molecule has 1 amide bonds. The lowest BCUT2D eigenvalue weighted by Gasteiger charge is -2.24. The first kappa shape index (κ1) is 25.4. The van der Waals surface area contributed by atoms with Crippen LogP contribution in [0.2, 0.25) is 0 Å². The van der Waals surface area contributed by atoms with Crippen molar-refractivity contribution in [2.24, 2.45) is 10.8 Å². The summed E-state index contributed by atoms with van der Waals surface area (Å²) in [6.45, 7) is 14.2. The molecule has 0 aliphatic rings. The Bertz CT molecular complexity index is 584. The Morgan fingerprint density at radius 2 is 1.64 bits per heavy atom. The van der Waals surface area contributed by atoms with Crippen molar-refractivity contribution in [1.82, 2.24) is 5.32 Å². The van der Waals surface area contributed by atoms with Gasteiger partial charge in [-0.2, -0.15) is 0 Å². The second kappa shape index (κ2) is 12.8. The van der Waals surface area contributed by atoms with Crippen molar-refractivity contribution in [3.8, 4) is 0 Å². The molecular formula is C24H41NOS2. The fraction of sp³-hybridized carbons (Fsp3) is 0.708. The van der Waals surface area contributed by atoms with Gasteiger partial charge in [0.15, 0.2) is 0 Å². The Morgan fingerprint density at radius 3 is 2.32 bits per heavy atom. The van der Waals surface area contributed by atoms with Crippen LogP contribution in [0.3, 0.4) is 0 Å². The number of rotatable bonds is 14. The van der Waals surface area contributed by atoms with Gasteiger partial charge in [-0.25, -0.2) is 0 Å². The summed E-state index contributed by atoms with van der Waals surface area (Å²) < 4.78 is 0. The molecule has 0 aromatic heterocycles. The van der Waals surface area contributed by atoms with Crippen LogP contribution in [-0.4, -0.2) is 18.2 Å². The highest BCUT2D eigenvalue weighted by Gasteiger charge is 2.20. The monoisotopic (exact) mass is 423 g/mol. The number of nitrogens with one attached hydrogen (secondary N) is 1. The predicted octanol–water partition coefficient (Wildman–Crippen LogP) is 7.98. The maximum atomic E-state index is 12.7. The van der Waals surface area contributed by atoms with Crippen LogP contribution in [0.1, 0.15) is 96.8 Å². The van der Waals surface area contributed by atoms with Gasteiger partial charge >= 0.3 is 0 Å². The Kier molecular flexibility index (Phi) is 11.7. The molecule has 1 aromatic rings. The Hall–Kier alpha value is -0.610. The van der Waals surface area contributed by atoms with Crippen LogP contribution < -0.4 is 5.32 Å². The number of hydrogen-bond acceptors (Lipinski definition) is 3. The molecule has 0 atom stereocenters. The maximum absolute atomic E-state index is 12.7. The van der Waals surface area contributed by atoms with E-state index in [0.717, 1.165) is 22.6 Å². The van der Waals surface area contributed by atoms with E-state index in [9.17, 15) is 4.79 Å². The first-order chi connectivity index (χ1) is 13.2. The fourth-order valence-electron chi connectivity index (χ4n) is 2.80. The Labute approximate surface area is 181 Å². The van der Waals surface area contributed by atoms with E-state index in [1.165, 1.54) is 38.5 Å². The van der Waals surface area contributed by atoms with Crippen molar-refractivity contribution in [2.45, 2.75) is 91.4 Å². The van der Waals surface area contributed by atoms with Gasteiger partial charge in [0.1, 0.15) is 0 Å². The zero-order valence-corrected chi connectivity index (χ0v) is 20.5. The molecule has 1 rings (SSSR count). The van der Waals surface area contributed by atoms with Gasteiger partial charge in [-0.1, -0.05) is 107 Å². The van der Waals surface area contributed by atoms with Gasteiger partial charge in [-0.3, -0.25) is 4.79 Å². The summed E-state index contributed by atoms with van der Waals surface area (Å²) in [6, 6.07) is 7.98. The molecule has 2 nitrogen and oxygen atoms in total. The summed E-state index contributed by atoms with van der Waals surface area (Å²) >= 11 is 0. The molecule has 0 unspecified atom stereocenters. The minimum Gasteiger partial charge on any atom is -0.351 e. The third-order valence-corrected chi connectivity index (χ3v) is 8.17. The molecule has 4 heteroatoms. The number of carbonyl (C=O) groups is 1.